The van der Waals surface area contributed by atoms with Crippen LogP contribution >= 0.6 is 0 Å². The fourth-order valence-electron chi connectivity index (χ4n) is 3.21. The summed E-state index contributed by atoms with van der Waals surface area (Å²) >= 11 is 0. The van der Waals surface area contributed by atoms with Gasteiger partial charge in [-0.3, -0.25) is 9.69 Å². The first-order valence-corrected chi connectivity index (χ1v) is 9.73. The van der Waals surface area contributed by atoms with Crippen molar-refractivity contribution in [2.24, 2.45) is 5.92 Å². The molecule has 1 amide bonds. The topological polar surface area (TPSA) is 60.9 Å². The van der Waals surface area contributed by atoms with Crippen molar-refractivity contribution in [1.29, 1.82) is 0 Å². The molecule has 0 aromatic rings. The van der Waals surface area contributed by atoms with Crippen molar-refractivity contribution in [2.75, 3.05) is 52.1 Å². The zero-order valence-electron chi connectivity index (χ0n) is 13.1. The Morgan fingerprint density at radius 3 is 2.38 bits per heavy atom. The van der Waals surface area contributed by atoms with Gasteiger partial charge in [-0.25, -0.2) is 12.7 Å². The van der Waals surface area contributed by atoms with Crippen LogP contribution in [-0.4, -0.2) is 80.5 Å². The molecule has 2 heterocycles. The Morgan fingerprint density at radius 1 is 1.14 bits per heavy atom. The highest BCUT2D eigenvalue weighted by Crippen LogP contribution is 2.21. The van der Waals surface area contributed by atoms with Crippen molar-refractivity contribution in [3.8, 4) is 0 Å². The van der Waals surface area contributed by atoms with Gasteiger partial charge >= 0.3 is 0 Å². The van der Waals surface area contributed by atoms with Gasteiger partial charge in [0.25, 0.3) is 0 Å². The first-order chi connectivity index (χ1) is 9.91. The molecule has 0 radical (unpaired) electrons. The molecule has 2 fully saturated rings. The van der Waals surface area contributed by atoms with Gasteiger partial charge in [0.15, 0.2) is 0 Å². The first kappa shape index (κ1) is 16.7. The molecule has 1 atom stereocenters. The van der Waals surface area contributed by atoms with Gasteiger partial charge in [0.1, 0.15) is 0 Å². The van der Waals surface area contributed by atoms with E-state index in [2.05, 4.69) is 11.8 Å². The summed E-state index contributed by atoms with van der Waals surface area (Å²) in [5.41, 5.74) is 0. The molecule has 0 unspecified atom stereocenters. The van der Waals surface area contributed by atoms with Crippen LogP contribution in [0.3, 0.4) is 0 Å². The zero-order chi connectivity index (χ0) is 15.5. The largest absolute Gasteiger partial charge is 0.340 e. The maximum atomic E-state index is 12.6. The van der Waals surface area contributed by atoms with Crippen LogP contribution < -0.4 is 0 Å². The summed E-state index contributed by atoms with van der Waals surface area (Å²) in [5, 5.41) is 0. The molecule has 0 aromatic carbocycles. The maximum absolute atomic E-state index is 12.6. The van der Waals surface area contributed by atoms with Crippen molar-refractivity contribution in [3.63, 3.8) is 0 Å². The number of piperazine rings is 1. The Balaban J connectivity index is 1.89. The highest BCUT2D eigenvalue weighted by molar-refractivity contribution is 7.88. The van der Waals surface area contributed by atoms with Gasteiger partial charge in [0.05, 0.1) is 12.2 Å². The highest BCUT2D eigenvalue weighted by atomic mass is 32.2. The monoisotopic (exact) mass is 317 g/mol. The number of carbonyl (C=O) groups excluding carboxylic acids is 1. The zero-order valence-corrected chi connectivity index (χ0v) is 13.9. The number of hydrogen-bond acceptors (Lipinski definition) is 4. The maximum Gasteiger partial charge on any atom is 0.227 e. The average molecular weight is 317 g/mol. The molecular formula is C14H27N3O3S. The van der Waals surface area contributed by atoms with Gasteiger partial charge in [-0.1, -0.05) is 6.92 Å². The van der Waals surface area contributed by atoms with Gasteiger partial charge in [0, 0.05) is 39.3 Å². The lowest BCUT2D eigenvalue weighted by Crippen LogP contribution is -2.53. The van der Waals surface area contributed by atoms with E-state index in [1.54, 1.807) is 0 Å². The van der Waals surface area contributed by atoms with E-state index in [1.807, 2.05) is 4.90 Å². The summed E-state index contributed by atoms with van der Waals surface area (Å²) in [6, 6.07) is 0. The molecule has 0 spiro atoms. The molecule has 6 nitrogen and oxygen atoms in total. The normalized spacial score (nSPS) is 26.0. The number of sulfonamides is 1. The molecule has 0 saturated carbocycles. The summed E-state index contributed by atoms with van der Waals surface area (Å²) in [7, 11) is -3.18. The summed E-state index contributed by atoms with van der Waals surface area (Å²) in [5.74, 6) is -0.0225. The lowest BCUT2D eigenvalue weighted by atomic mass is 9.98. The fourth-order valence-corrected chi connectivity index (χ4v) is 4.12. The van der Waals surface area contributed by atoms with Crippen molar-refractivity contribution in [1.82, 2.24) is 14.1 Å². The van der Waals surface area contributed by atoms with Crippen LogP contribution in [0.1, 0.15) is 26.2 Å². The minimum absolute atomic E-state index is 0.138. The molecular weight excluding hydrogens is 290 g/mol. The van der Waals surface area contributed by atoms with Gasteiger partial charge in [0.2, 0.25) is 15.9 Å². The van der Waals surface area contributed by atoms with Crippen molar-refractivity contribution in [3.05, 3.63) is 0 Å². The quantitative estimate of drug-likeness (QED) is 0.744. The predicted molar refractivity (Wildman–Crippen MR) is 82.5 cm³/mol. The molecule has 0 bridgehead atoms. The first-order valence-electron chi connectivity index (χ1n) is 7.88. The Kier molecular flexibility index (Phi) is 5.62. The van der Waals surface area contributed by atoms with E-state index in [9.17, 15) is 13.2 Å². The number of carbonyl (C=O) groups is 1. The molecule has 2 saturated heterocycles. The smallest absolute Gasteiger partial charge is 0.227 e. The van der Waals surface area contributed by atoms with Crippen LogP contribution in [0.4, 0.5) is 0 Å². The standard InChI is InChI=1S/C14H27N3O3S/c1-3-6-15-8-10-16(11-9-15)14(18)13-5-4-7-17(12-13)21(2,19)20/h13H,3-12H2,1-2H3/t13-/m1/s1. The Bertz CT molecular complexity index is 458. The number of piperidine rings is 1. The van der Waals surface area contributed by atoms with E-state index in [4.69, 9.17) is 0 Å². The second kappa shape index (κ2) is 7.07. The van der Waals surface area contributed by atoms with Crippen LogP contribution in [-0.2, 0) is 14.8 Å². The van der Waals surface area contributed by atoms with Crippen LogP contribution in [0.5, 0.6) is 0 Å². The summed E-state index contributed by atoms with van der Waals surface area (Å²) in [6.45, 7) is 7.57. The lowest BCUT2D eigenvalue weighted by molar-refractivity contribution is -0.138. The molecule has 122 valence electrons. The Morgan fingerprint density at radius 2 is 1.81 bits per heavy atom. The number of rotatable bonds is 4. The van der Waals surface area contributed by atoms with Crippen LogP contribution in [0.2, 0.25) is 0 Å². The van der Waals surface area contributed by atoms with Crippen LogP contribution in [0.15, 0.2) is 0 Å². The summed E-state index contributed by atoms with van der Waals surface area (Å²) < 4.78 is 24.7. The van der Waals surface area contributed by atoms with Crippen LogP contribution in [0, 0.1) is 5.92 Å². The van der Waals surface area contributed by atoms with E-state index in [-0.39, 0.29) is 11.8 Å². The van der Waals surface area contributed by atoms with E-state index < -0.39 is 10.0 Å². The lowest BCUT2D eigenvalue weighted by Gasteiger charge is -2.38. The molecule has 2 aliphatic rings. The van der Waals surface area contributed by atoms with Crippen molar-refractivity contribution >= 4 is 15.9 Å². The molecule has 0 aromatic heterocycles. The minimum Gasteiger partial charge on any atom is -0.340 e. The highest BCUT2D eigenvalue weighted by Gasteiger charge is 2.33. The second-order valence-corrected chi connectivity index (χ2v) is 8.11. The number of amides is 1. The van der Waals surface area contributed by atoms with E-state index in [0.29, 0.717) is 13.1 Å². The second-order valence-electron chi connectivity index (χ2n) is 6.13. The fraction of sp³-hybridized carbons (Fsp3) is 0.929. The third kappa shape index (κ3) is 4.40. The molecule has 21 heavy (non-hydrogen) atoms. The molecule has 2 rings (SSSR count). The van der Waals surface area contributed by atoms with E-state index in [0.717, 1.165) is 52.0 Å². The van der Waals surface area contributed by atoms with Gasteiger partial charge in [-0.15, -0.1) is 0 Å². The van der Waals surface area contributed by atoms with Gasteiger partial charge in [-0.2, -0.15) is 0 Å². The van der Waals surface area contributed by atoms with E-state index in [1.165, 1.54) is 10.6 Å². The van der Waals surface area contributed by atoms with Crippen molar-refractivity contribution < 1.29 is 13.2 Å². The molecule has 7 heteroatoms. The third-order valence-corrected chi connectivity index (χ3v) is 5.70. The summed E-state index contributed by atoms with van der Waals surface area (Å²) in [6.07, 6.45) is 3.95. The molecule has 0 aliphatic carbocycles. The van der Waals surface area contributed by atoms with Crippen molar-refractivity contribution in [2.45, 2.75) is 26.2 Å². The molecule has 0 N–H and O–H groups in total. The van der Waals surface area contributed by atoms with Gasteiger partial charge < -0.3 is 4.90 Å². The van der Waals surface area contributed by atoms with E-state index >= 15 is 0 Å². The summed E-state index contributed by atoms with van der Waals surface area (Å²) in [4.78, 5) is 16.9. The number of nitrogens with zero attached hydrogens (tertiary/aromatic N) is 3. The SMILES string of the molecule is CCCN1CCN(C(=O)[C@@H]2CCCN(S(C)(=O)=O)C2)CC1. The minimum atomic E-state index is -3.18. The number of hydrogen-bond donors (Lipinski definition) is 0. The predicted octanol–water partition coefficient (Wildman–Crippen LogP) is 0.212. The average Bonchev–Trinajstić information content (AvgIpc) is 2.47. The Labute approximate surface area is 128 Å². The third-order valence-electron chi connectivity index (χ3n) is 4.43. The Hall–Kier alpha value is -0.660. The van der Waals surface area contributed by atoms with Crippen LogP contribution in [0.25, 0.3) is 0 Å². The molecule has 2 aliphatic heterocycles. The van der Waals surface area contributed by atoms with Gasteiger partial charge in [-0.05, 0) is 25.8 Å².